The number of carbonyl (C=O) groups excluding carboxylic acids is 1. The maximum atomic E-state index is 12.2. The summed E-state index contributed by atoms with van der Waals surface area (Å²) < 4.78 is 5.43. The lowest BCUT2D eigenvalue weighted by Crippen LogP contribution is -2.35. The van der Waals surface area contributed by atoms with Crippen molar-refractivity contribution in [3.8, 4) is 0 Å². The van der Waals surface area contributed by atoms with E-state index in [1.54, 1.807) is 23.7 Å². The fourth-order valence-electron chi connectivity index (χ4n) is 2.80. The minimum atomic E-state index is -0.490. The van der Waals surface area contributed by atoms with Gasteiger partial charge in [-0.2, -0.15) is 0 Å². The molecular weight excluding hydrogens is 392 g/mol. The molecule has 0 saturated carbocycles. The molecule has 1 heterocycles. The SMILES string of the molecule is CN(CCc1ccccc1Sc1c[nH]c2ccc(Cl)cc12)C(=O)OC(C)(C)C. The molecule has 0 bridgehead atoms. The van der Waals surface area contributed by atoms with E-state index in [9.17, 15) is 4.79 Å². The van der Waals surface area contributed by atoms with Crippen molar-refractivity contribution in [3.05, 3.63) is 59.2 Å². The van der Waals surface area contributed by atoms with Gasteiger partial charge in [-0.3, -0.25) is 0 Å². The Morgan fingerprint density at radius 2 is 1.93 bits per heavy atom. The minimum Gasteiger partial charge on any atom is -0.444 e. The summed E-state index contributed by atoms with van der Waals surface area (Å²) in [6, 6.07) is 14.1. The molecule has 148 valence electrons. The van der Waals surface area contributed by atoms with Crippen molar-refractivity contribution < 1.29 is 9.53 Å². The van der Waals surface area contributed by atoms with Crippen molar-refractivity contribution in [2.45, 2.75) is 42.6 Å². The first-order chi connectivity index (χ1) is 13.2. The molecule has 0 unspecified atom stereocenters. The van der Waals surface area contributed by atoms with Crippen molar-refractivity contribution in [2.24, 2.45) is 0 Å². The van der Waals surface area contributed by atoms with E-state index in [4.69, 9.17) is 16.3 Å². The van der Waals surface area contributed by atoms with Crippen LogP contribution in [0.1, 0.15) is 26.3 Å². The highest BCUT2D eigenvalue weighted by molar-refractivity contribution is 7.99. The third kappa shape index (κ3) is 5.24. The quantitative estimate of drug-likeness (QED) is 0.524. The number of benzene rings is 2. The van der Waals surface area contributed by atoms with E-state index in [0.717, 1.165) is 27.2 Å². The Balaban J connectivity index is 1.72. The smallest absolute Gasteiger partial charge is 0.410 e. The molecule has 0 aliphatic rings. The number of aromatic amines is 1. The molecule has 28 heavy (non-hydrogen) atoms. The largest absolute Gasteiger partial charge is 0.444 e. The first kappa shape index (κ1) is 20.6. The highest BCUT2D eigenvalue weighted by Gasteiger charge is 2.19. The molecule has 3 aromatic rings. The summed E-state index contributed by atoms with van der Waals surface area (Å²) in [5, 5.41) is 1.83. The topological polar surface area (TPSA) is 45.3 Å². The number of nitrogens with one attached hydrogen (secondary N) is 1. The average molecular weight is 417 g/mol. The zero-order valence-electron chi connectivity index (χ0n) is 16.6. The molecule has 1 amide bonds. The molecule has 4 nitrogen and oxygen atoms in total. The van der Waals surface area contributed by atoms with Gasteiger partial charge in [0.15, 0.2) is 0 Å². The third-order valence-corrected chi connectivity index (χ3v) is 5.63. The number of nitrogens with zero attached hydrogens (tertiary/aromatic N) is 1. The Hall–Kier alpha value is -2.11. The number of halogens is 1. The highest BCUT2D eigenvalue weighted by Crippen LogP contribution is 2.36. The molecule has 0 aliphatic carbocycles. The van der Waals surface area contributed by atoms with Crippen LogP contribution < -0.4 is 0 Å². The van der Waals surface area contributed by atoms with Gasteiger partial charge < -0.3 is 14.6 Å². The van der Waals surface area contributed by atoms with Gasteiger partial charge in [-0.1, -0.05) is 41.6 Å². The van der Waals surface area contributed by atoms with Crippen molar-refractivity contribution in [1.82, 2.24) is 9.88 Å². The van der Waals surface area contributed by atoms with E-state index in [1.165, 1.54) is 10.5 Å². The van der Waals surface area contributed by atoms with Crippen molar-refractivity contribution in [2.75, 3.05) is 13.6 Å². The number of likely N-dealkylation sites (N-methyl/N-ethyl adjacent to an activating group) is 1. The number of aromatic nitrogens is 1. The summed E-state index contributed by atoms with van der Waals surface area (Å²) in [4.78, 5) is 19.4. The standard InChI is InChI=1S/C22H25ClN2O2S/c1-22(2,3)27-21(26)25(4)12-11-15-7-5-6-8-19(15)28-20-14-24-18-10-9-16(23)13-17(18)20/h5-10,13-14,24H,11-12H2,1-4H3. The van der Waals surface area contributed by atoms with Gasteiger partial charge >= 0.3 is 6.09 Å². The average Bonchev–Trinajstić information content (AvgIpc) is 3.01. The zero-order chi connectivity index (χ0) is 20.3. The van der Waals surface area contributed by atoms with Crippen molar-refractivity contribution in [1.29, 1.82) is 0 Å². The number of fused-ring (bicyclic) bond motifs is 1. The lowest BCUT2D eigenvalue weighted by molar-refractivity contribution is 0.0300. The Morgan fingerprint density at radius 1 is 1.18 bits per heavy atom. The second-order valence-corrected chi connectivity index (χ2v) is 9.22. The summed E-state index contributed by atoms with van der Waals surface area (Å²) in [5.41, 5.74) is 1.77. The molecule has 1 aromatic heterocycles. The molecule has 2 aromatic carbocycles. The first-order valence-electron chi connectivity index (χ1n) is 9.19. The van der Waals surface area contributed by atoms with Crippen LogP contribution in [-0.4, -0.2) is 35.2 Å². The number of hydrogen-bond donors (Lipinski definition) is 1. The molecule has 6 heteroatoms. The lowest BCUT2D eigenvalue weighted by atomic mass is 10.1. The van der Waals surface area contributed by atoms with Crippen molar-refractivity contribution >= 4 is 40.4 Å². The Morgan fingerprint density at radius 3 is 2.68 bits per heavy atom. The highest BCUT2D eigenvalue weighted by atomic mass is 35.5. The van der Waals surface area contributed by atoms with E-state index in [0.29, 0.717) is 6.54 Å². The molecule has 0 fully saturated rings. The Labute approximate surface area is 175 Å². The summed E-state index contributed by atoms with van der Waals surface area (Å²) >= 11 is 7.87. The summed E-state index contributed by atoms with van der Waals surface area (Å²) in [6.07, 6.45) is 2.46. The van der Waals surface area contributed by atoms with Gasteiger partial charge in [0.2, 0.25) is 0 Å². The normalized spacial score (nSPS) is 11.6. The van der Waals surface area contributed by atoms with E-state index in [1.807, 2.05) is 57.3 Å². The molecule has 0 saturated heterocycles. The van der Waals surface area contributed by atoms with Gasteiger partial charge in [0.1, 0.15) is 5.60 Å². The second kappa shape index (κ2) is 8.50. The number of hydrogen-bond acceptors (Lipinski definition) is 3. The minimum absolute atomic E-state index is 0.302. The molecule has 3 rings (SSSR count). The van der Waals surface area contributed by atoms with Gasteiger partial charge in [0.25, 0.3) is 0 Å². The predicted octanol–water partition coefficient (Wildman–Crippen LogP) is 6.38. The van der Waals surface area contributed by atoms with E-state index in [2.05, 4.69) is 17.1 Å². The zero-order valence-corrected chi connectivity index (χ0v) is 18.2. The van der Waals surface area contributed by atoms with Crippen LogP contribution in [0, 0.1) is 0 Å². The fourth-order valence-corrected chi connectivity index (χ4v) is 4.05. The number of rotatable bonds is 5. The number of amides is 1. The molecular formula is C22H25ClN2O2S. The Kier molecular flexibility index (Phi) is 6.26. The number of ether oxygens (including phenoxy) is 1. The second-order valence-electron chi connectivity index (χ2n) is 7.70. The van der Waals surface area contributed by atoms with Gasteiger partial charge in [0, 0.05) is 45.5 Å². The lowest BCUT2D eigenvalue weighted by Gasteiger charge is -2.24. The predicted molar refractivity (Wildman–Crippen MR) is 116 cm³/mol. The molecule has 0 aliphatic heterocycles. The van der Waals surface area contributed by atoms with Crippen LogP contribution in [0.15, 0.2) is 58.5 Å². The van der Waals surface area contributed by atoms with Crippen LogP contribution in [-0.2, 0) is 11.2 Å². The monoisotopic (exact) mass is 416 g/mol. The summed E-state index contributed by atoms with van der Waals surface area (Å²) in [5.74, 6) is 0. The maximum Gasteiger partial charge on any atom is 0.410 e. The first-order valence-corrected chi connectivity index (χ1v) is 10.4. The van der Waals surface area contributed by atoms with Gasteiger partial charge in [0.05, 0.1) is 0 Å². The Bertz CT molecular complexity index is 978. The summed E-state index contributed by atoms with van der Waals surface area (Å²) in [7, 11) is 1.77. The van der Waals surface area contributed by atoms with Gasteiger partial charge in [-0.15, -0.1) is 0 Å². The van der Waals surface area contributed by atoms with Crippen LogP contribution in [0.4, 0.5) is 4.79 Å². The van der Waals surface area contributed by atoms with Gasteiger partial charge in [-0.25, -0.2) is 4.79 Å². The summed E-state index contributed by atoms with van der Waals surface area (Å²) in [6.45, 7) is 6.21. The van der Waals surface area contributed by atoms with Crippen LogP contribution in [0.25, 0.3) is 10.9 Å². The number of H-pyrrole nitrogens is 1. The molecule has 0 radical (unpaired) electrons. The van der Waals surface area contributed by atoms with Crippen LogP contribution in [0.3, 0.4) is 0 Å². The van der Waals surface area contributed by atoms with Crippen molar-refractivity contribution in [3.63, 3.8) is 0 Å². The molecule has 0 atom stereocenters. The van der Waals surface area contributed by atoms with Crippen LogP contribution in [0.5, 0.6) is 0 Å². The molecule has 0 spiro atoms. The van der Waals surface area contributed by atoms with E-state index >= 15 is 0 Å². The van der Waals surface area contributed by atoms with Crippen LogP contribution >= 0.6 is 23.4 Å². The van der Waals surface area contributed by atoms with E-state index in [-0.39, 0.29) is 6.09 Å². The van der Waals surface area contributed by atoms with Crippen LogP contribution in [0.2, 0.25) is 5.02 Å². The fraction of sp³-hybridized carbons (Fsp3) is 0.318. The third-order valence-electron chi connectivity index (χ3n) is 4.22. The number of carbonyl (C=O) groups is 1. The maximum absolute atomic E-state index is 12.2. The van der Waals surface area contributed by atoms with E-state index < -0.39 is 5.60 Å². The van der Waals surface area contributed by atoms with Gasteiger partial charge in [-0.05, 0) is 57.0 Å². The molecule has 1 N–H and O–H groups in total.